The van der Waals surface area contributed by atoms with Gasteiger partial charge >= 0.3 is 0 Å². The minimum Gasteiger partial charge on any atom is -0.378 e. The van der Waals surface area contributed by atoms with Gasteiger partial charge in [-0.2, -0.15) is 0 Å². The van der Waals surface area contributed by atoms with E-state index in [0.717, 1.165) is 39.3 Å². The van der Waals surface area contributed by atoms with Crippen molar-refractivity contribution < 1.29 is 28.5 Å². The summed E-state index contributed by atoms with van der Waals surface area (Å²) in [5.41, 5.74) is 0. The number of ether oxygens (including phenoxy) is 4. The lowest BCUT2D eigenvalue weighted by atomic mass is 10.3. The molecule has 0 aliphatic carbocycles. The molecule has 4 N–H and O–H groups in total. The minimum atomic E-state index is -0.245. The Balaban J connectivity index is 2.16. The van der Waals surface area contributed by atoms with Crippen LogP contribution in [0.15, 0.2) is 12.7 Å². The molecule has 0 aromatic heterocycles. The lowest BCUT2D eigenvalue weighted by Gasteiger charge is -2.22. The van der Waals surface area contributed by atoms with Gasteiger partial charge in [-0.05, 0) is 6.08 Å². The van der Waals surface area contributed by atoms with Gasteiger partial charge in [0.15, 0.2) is 0 Å². The number of hydrogen-bond donors (Lipinski definition) is 4. The zero-order valence-electron chi connectivity index (χ0n) is 19.9. The maximum Gasteiger partial charge on any atom is 0.243 e. The van der Waals surface area contributed by atoms with Crippen molar-refractivity contribution in [3.8, 4) is 0 Å². The van der Waals surface area contributed by atoms with Crippen LogP contribution < -0.4 is 21.3 Å². The smallest absolute Gasteiger partial charge is 0.243 e. The van der Waals surface area contributed by atoms with Crippen LogP contribution in [-0.4, -0.2) is 128 Å². The van der Waals surface area contributed by atoms with Crippen LogP contribution in [-0.2, 0) is 28.5 Å². The first-order valence-electron chi connectivity index (χ1n) is 11.8. The van der Waals surface area contributed by atoms with Gasteiger partial charge in [0.05, 0.1) is 52.9 Å². The molecule has 0 atom stereocenters. The number of nitrogens with one attached hydrogen (secondary N) is 4. The van der Waals surface area contributed by atoms with Gasteiger partial charge in [0.1, 0.15) is 0 Å². The van der Waals surface area contributed by atoms with E-state index in [4.69, 9.17) is 18.9 Å². The SMILES string of the molecule is C=CC(=O)NCCNC(=O)CCNCCN1CCOCCOCCNCCOCCOCC1. The summed E-state index contributed by atoms with van der Waals surface area (Å²) < 4.78 is 22.4. The molecule has 11 nitrogen and oxygen atoms in total. The van der Waals surface area contributed by atoms with Crippen LogP contribution >= 0.6 is 0 Å². The van der Waals surface area contributed by atoms with E-state index in [2.05, 4.69) is 32.7 Å². The summed E-state index contributed by atoms with van der Waals surface area (Å²) in [6.45, 7) is 14.5. The Morgan fingerprint density at radius 3 is 1.97 bits per heavy atom. The summed E-state index contributed by atoms with van der Waals surface area (Å²) in [7, 11) is 0. The molecule has 33 heavy (non-hydrogen) atoms. The number of nitrogens with zero attached hydrogens (tertiary/aromatic N) is 1. The van der Waals surface area contributed by atoms with Crippen molar-refractivity contribution in [2.75, 3.05) is 112 Å². The zero-order valence-corrected chi connectivity index (χ0v) is 19.9. The van der Waals surface area contributed by atoms with E-state index in [1.165, 1.54) is 6.08 Å². The van der Waals surface area contributed by atoms with Crippen LogP contribution in [0, 0.1) is 0 Å². The summed E-state index contributed by atoms with van der Waals surface area (Å²) >= 11 is 0. The molecule has 2 amide bonds. The van der Waals surface area contributed by atoms with Crippen molar-refractivity contribution in [1.82, 2.24) is 26.2 Å². The molecule has 1 rings (SSSR count). The van der Waals surface area contributed by atoms with Gasteiger partial charge in [-0.1, -0.05) is 6.58 Å². The Labute approximate surface area is 197 Å². The molecule has 1 fully saturated rings. The second kappa shape index (κ2) is 22.2. The monoisotopic (exact) mass is 473 g/mol. The summed E-state index contributed by atoms with van der Waals surface area (Å²) in [6, 6.07) is 0. The van der Waals surface area contributed by atoms with Gasteiger partial charge < -0.3 is 40.2 Å². The van der Waals surface area contributed by atoms with Crippen molar-refractivity contribution in [2.24, 2.45) is 0 Å². The highest BCUT2D eigenvalue weighted by Crippen LogP contribution is 1.91. The Kier molecular flexibility index (Phi) is 19.8. The third-order valence-electron chi connectivity index (χ3n) is 4.76. The first kappa shape index (κ1) is 29.4. The standard InChI is InChI=1S/C22H43N5O6/c1-2-21(28)25-5-6-26-22(29)3-4-23-7-10-27-11-15-32-19-17-30-13-8-24-9-14-31-18-20-33-16-12-27/h2,23-24H,1,3-20H2,(H,25,28)(H,26,29). The molecule has 192 valence electrons. The van der Waals surface area contributed by atoms with Gasteiger partial charge in [-0.3, -0.25) is 14.5 Å². The Morgan fingerprint density at radius 2 is 1.36 bits per heavy atom. The fraction of sp³-hybridized carbons (Fsp3) is 0.818. The zero-order chi connectivity index (χ0) is 23.8. The minimum absolute atomic E-state index is 0.0473. The third-order valence-corrected chi connectivity index (χ3v) is 4.76. The quantitative estimate of drug-likeness (QED) is 0.218. The molecule has 0 aromatic carbocycles. The third kappa shape index (κ3) is 19.6. The van der Waals surface area contributed by atoms with E-state index < -0.39 is 0 Å². The topological polar surface area (TPSA) is 122 Å². The molecule has 0 bridgehead atoms. The molecule has 1 heterocycles. The van der Waals surface area contributed by atoms with E-state index >= 15 is 0 Å². The lowest BCUT2D eigenvalue weighted by Crippen LogP contribution is -2.38. The highest BCUT2D eigenvalue weighted by atomic mass is 16.5. The van der Waals surface area contributed by atoms with Crippen molar-refractivity contribution in [3.05, 3.63) is 12.7 Å². The van der Waals surface area contributed by atoms with E-state index in [9.17, 15) is 9.59 Å². The molecule has 0 radical (unpaired) electrons. The van der Waals surface area contributed by atoms with Gasteiger partial charge in [-0.25, -0.2) is 0 Å². The van der Waals surface area contributed by atoms with Crippen LogP contribution in [0.2, 0.25) is 0 Å². The maximum absolute atomic E-state index is 11.8. The number of carbonyl (C=O) groups is 2. The van der Waals surface area contributed by atoms with E-state index in [1.54, 1.807) is 0 Å². The van der Waals surface area contributed by atoms with E-state index in [1.807, 2.05) is 0 Å². The normalized spacial score (nSPS) is 18.5. The van der Waals surface area contributed by atoms with Crippen molar-refractivity contribution in [3.63, 3.8) is 0 Å². The van der Waals surface area contributed by atoms with Gasteiger partial charge in [0.25, 0.3) is 0 Å². The molecule has 0 spiro atoms. The second-order valence-electron chi connectivity index (χ2n) is 7.39. The molecule has 1 aliphatic heterocycles. The molecule has 1 aliphatic rings. The molecule has 0 aromatic rings. The van der Waals surface area contributed by atoms with Crippen molar-refractivity contribution >= 4 is 11.8 Å². The largest absolute Gasteiger partial charge is 0.378 e. The fourth-order valence-corrected chi connectivity index (χ4v) is 2.89. The molecular weight excluding hydrogens is 430 g/mol. The highest BCUT2D eigenvalue weighted by Gasteiger charge is 2.06. The second-order valence-corrected chi connectivity index (χ2v) is 7.39. The van der Waals surface area contributed by atoms with E-state index in [0.29, 0.717) is 78.9 Å². The molecule has 0 saturated carbocycles. The maximum atomic E-state index is 11.8. The Morgan fingerprint density at radius 1 is 0.788 bits per heavy atom. The van der Waals surface area contributed by atoms with E-state index in [-0.39, 0.29) is 11.8 Å². The average molecular weight is 474 g/mol. The Hall–Kier alpha value is -1.60. The molecule has 1 saturated heterocycles. The number of carbonyl (C=O) groups excluding carboxylic acids is 2. The van der Waals surface area contributed by atoms with Gasteiger partial charge in [0.2, 0.25) is 11.8 Å². The number of rotatable bonds is 10. The van der Waals surface area contributed by atoms with Crippen molar-refractivity contribution in [1.29, 1.82) is 0 Å². The predicted molar refractivity (Wildman–Crippen MR) is 126 cm³/mol. The predicted octanol–water partition coefficient (Wildman–Crippen LogP) is -1.64. The molecular formula is C22H43N5O6. The first-order valence-corrected chi connectivity index (χ1v) is 11.8. The van der Waals surface area contributed by atoms with Crippen molar-refractivity contribution in [2.45, 2.75) is 6.42 Å². The van der Waals surface area contributed by atoms with Gasteiger partial charge in [-0.15, -0.1) is 0 Å². The molecule has 0 unspecified atom stereocenters. The van der Waals surface area contributed by atoms with Crippen LogP contribution in [0.1, 0.15) is 6.42 Å². The lowest BCUT2D eigenvalue weighted by molar-refractivity contribution is -0.121. The first-order chi connectivity index (χ1) is 16.2. The summed E-state index contributed by atoms with van der Waals surface area (Å²) in [6.07, 6.45) is 1.59. The fourth-order valence-electron chi connectivity index (χ4n) is 2.89. The molecule has 11 heteroatoms. The van der Waals surface area contributed by atoms with Crippen LogP contribution in [0.3, 0.4) is 0 Å². The Bertz CT molecular complexity index is 494. The number of amides is 2. The summed E-state index contributed by atoms with van der Waals surface area (Å²) in [5.74, 6) is -0.292. The summed E-state index contributed by atoms with van der Waals surface area (Å²) in [4.78, 5) is 25.1. The highest BCUT2D eigenvalue weighted by molar-refractivity contribution is 5.86. The van der Waals surface area contributed by atoms with Gasteiger partial charge in [0, 0.05) is 65.3 Å². The van der Waals surface area contributed by atoms with Crippen LogP contribution in [0.5, 0.6) is 0 Å². The van der Waals surface area contributed by atoms with Crippen LogP contribution in [0.4, 0.5) is 0 Å². The van der Waals surface area contributed by atoms with Crippen LogP contribution in [0.25, 0.3) is 0 Å². The average Bonchev–Trinajstić information content (AvgIpc) is 2.82. The number of hydrogen-bond acceptors (Lipinski definition) is 9. The summed E-state index contributed by atoms with van der Waals surface area (Å²) in [5, 5.41) is 12.0.